The summed E-state index contributed by atoms with van der Waals surface area (Å²) < 4.78 is 7.09. The molecule has 1 N–H and O–H groups in total. The summed E-state index contributed by atoms with van der Waals surface area (Å²) in [6.45, 7) is 11.0. The van der Waals surface area contributed by atoms with Gasteiger partial charge in [0.25, 0.3) is 0 Å². The van der Waals surface area contributed by atoms with Gasteiger partial charge in [-0.1, -0.05) is 19.1 Å². The van der Waals surface area contributed by atoms with E-state index in [-0.39, 0.29) is 0 Å². The zero-order valence-electron chi connectivity index (χ0n) is 13.1. The maximum atomic E-state index is 11.4. The minimum atomic E-state index is -0.467. The molecular formula is C15H25N3O2. The van der Waals surface area contributed by atoms with Crippen LogP contribution in [0.25, 0.3) is 6.08 Å². The van der Waals surface area contributed by atoms with Crippen LogP contribution in [-0.2, 0) is 11.3 Å². The first-order valence-electron chi connectivity index (χ1n) is 6.99. The van der Waals surface area contributed by atoms with Crippen molar-refractivity contribution in [2.24, 2.45) is 0 Å². The highest BCUT2D eigenvalue weighted by Gasteiger charge is 2.14. The van der Waals surface area contributed by atoms with Crippen molar-refractivity contribution < 1.29 is 9.53 Å². The molecule has 0 aromatic carbocycles. The number of alkyl carbamates (subject to hydrolysis) is 1. The number of aryl methyl sites for hydroxylation is 2. The summed E-state index contributed by atoms with van der Waals surface area (Å²) in [4.78, 5) is 11.4. The Kier molecular flexibility index (Phi) is 5.80. The molecule has 0 unspecified atom stereocenters. The molecule has 0 aliphatic carbocycles. The van der Waals surface area contributed by atoms with Gasteiger partial charge in [-0.2, -0.15) is 5.10 Å². The van der Waals surface area contributed by atoms with Crippen molar-refractivity contribution >= 4 is 12.2 Å². The Balaban J connectivity index is 2.43. The number of carbonyl (C=O) groups is 1. The maximum absolute atomic E-state index is 11.4. The van der Waals surface area contributed by atoms with E-state index in [0.29, 0.717) is 6.54 Å². The lowest BCUT2D eigenvalue weighted by Crippen LogP contribution is -2.32. The van der Waals surface area contributed by atoms with Gasteiger partial charge in [0.05, 0.1) is 5.69 Å². The van der Waals surface area contributed by atoms with Crippen molar-refractivity contribution in [3.05, 3.63) is 23.5 Å². The predicted molar refractivity (Wildman–Crippen MR) is 80.5 cm³/mol. The summed E-state index contributed by atoms with van der Waals surface area (Å²) in [6.07, 6.45) is 6.53. The van der Waals surface area contributed by atoms with Crippen molar-refractivity contribution in [2.45, 2.75) is 53.2 Å². The zero-order chi connectivity index (χ0) is 15.2. The Morgan fingerprint density at radius 2 is 2.20 bits per heavy atom. The molecule has 112 valence electrons. The van der Waals surface area contributed by atoms with Gasteiger partial charge in [0, 0.05) is 24.8 Å². The Bertz CT molecular complexity index is 470. The lowest BCUT2D eigenvalue weighted by Gasteiger charge is -2.19. The number of nitrogens with zero attached hydrogens (tertiary/aromatic N) is 2. The molecule has 1 rings (SSSR count). The summed E-state index contributed by atoms with van der Waals surface area (Å²) in [5.41, 5.74) is 1.60. The van der Waals surface area contributed by atoms with E-state index in [9.17, 15) is 4.79 Å². The van der Waals surface area contributed by atoms with Gasteiger partial charge in [-0.3, -0.25) is 4.68 Å². The number of aromatic nitrogens is 2. The fraction of sp³-hybridized carbons (Fsp3) is 0.600. The quantitative estimate of drug-likeness (QED) is 0.901. The van der Waals surface area contributed by atoms with Gasteiger partial charge in [0.15, 0.2) is 0 Å². The minimum Gasteiger partial charge on any atom is -0.444 e. The van der Waals surface area contributed by atoms with Crippen molar-refractivity contribution in [1.29, 1.82) is 0 Å². The molecule has 1 aromatic rings. The standard InChI is InChI=1S/C15H25N3O2/c1-6-10-18-11-13(12(2)17-18)8-7-9-16-14(19)20-15(3,4)5/h7-8,11H,6,9-10H2,1-5H3,(H,16,19). The molecule has 5 heteroatoms. The molecule has 0 fully saturated rings. The largest absolute Gasteiger partial charge is 0.444 e. The lowest BCUT2D eigenvalue weighted by atomic mass is 10.2. The van der Waals surface area contributed by atoms with Crippen LogP contribution in [0, 0.1) is 6.92 Å². The molecule has 20 heavy (non-hydrogen) atoms. The molecule has 0 atom stereocenters. The number of carbonyl (C=O) groups excluding carboxylic acids is 1. The summed E-state index contributed by atoms with van der Waals surface area (Å²) >= 11 is 0. The third-order valence-corrected chi connectivity index (χ3v) is 2.50. The van der Waals surface area contributed by atoms with Crippen LogP contribution in [0.4, 0.5) is 4.79 Å². The molecule has 0 saturated carbocycles. The molecule has 0 aliphatic heterocycles. The van der Waals surface area contributed by atoms with Gasteiger partial charge < -0.3 is 10.1 Å². The first-order chi connectivity index (χ1) is 9.31. The highest BCUT2D eigenvalue weighted by atomic mass is 16.6. The molecule has 5 nitrogen and oxygen atoms in total. The average molecular weight is 279 g/mol. The van der Waals surface area contributed by atoms with Crippen molar-refractivity contribution in [3.8, 4) is 0 Å². The Labute approximate surface area is 121 Å². The van der Waals surface area contributed by atoms with Crippen LogP contribution in [0.5, 0.6) is 0 Å². The van der Waals surface area contributed by atoms with Gasteiger partial charge in [0.2, 0.25) is 0 Å². The highest BCUT2D eigenvalue weighted by Crippen LogP contribution is 2.08. The van der Waals surface area contributed by atoms with E-state index < -0.39 is 11.7 Å². The Hall–Kier alpha value is -1.78. The Morgan fingerprint density at radius 3 is 2.80 bits per heavy atom. The SMILES string of the molecule is CCCn1cc(C=CCNC(=O)OC(C)(C)C)c(C)n1. The molecule has 0 saturated heterocycles. The van der Waals surface area contributed by atoms with E-state index in [4.69, 9.17) is 4.74 Å². The molecule has 1 aromatic heterocycles. The Morgan fingerprint density at radius 1 is 1.50 bits per heavy atom. The summed E-state index contributed by atoms with van der Waals surface area (Å²) in [7, 11) is 0. The minimum absolute atomic E-state index is 0.402. The topological polar surface area (TPSA) is 56.2 Å². The summed E-state index contributed by atoms with van der Waals surface area (Å²) in [5, 5.41) is 7.10. The van der Waals surface area contributed by atoms with E-state index in [1.165, 1.54) is 0 Å². The molecule has 0 radical (unpaired) electrons. The van der Waals surface area contributed by atoms with Crippen LogP contribution < -0.4 is 5.32 Å². The molecule has 0 aliphatic rings. The van der Waals surface area contributed by atoms with Crippen LogP contribution in [0.2, 0.25) is 0 Å². The number of amides is 1. The number of nitrogens with one attached hydrogen (secondary N) is 1. The van der Waals surface area contributed by atoms with Gasteiger partial charge in [-0.15, -0.1) is 0 Å². The normalized spacial score (nSPS) is 11.8. The van der Waals surface area contributed by atoms with Gasteiger partial charge in [-0.25, -0.2) is 4.79 Å². The summed E-state index contributed by atoms with van der Waals surface area (Å²) in [6, 6.07) is 0. The first-order valence-corrected chi connectivity index (χ1v) is 6.99. The van der Waals surface area contributed by atoms with Gasteiger partial charge in [0.1, 0.15) is 5.60 Å². The van der Waals surface area contributed by atoms with E-state index in [1.54, 1.807) is 0 Å². The monoisotopic (exact) mass is 279 g/mol. The van der Waals surface area contributed by atoms with E-state index in [0.717, 1.165) is 24.2 Å². The number of rotatable bonds is 5. The van der Waals surface area contributed by atoms with Crippen LogP contribution in [0.15, 0.2) is 12.3 Å². The van der Waals surface area contributed by atoms with E-state index >= 15 is 0 Å². The average Bonchev–Trinajstić information content (AvgIpc) is 2.63. The third-order valence-electron chi connectivity index (χ3n) is 2.50. The fourth-order valence-corrected chi connectivity index (χ4v) is 1.68. The first kappa shape index (κ1) is 16.3. The van der Waals surface area contributed by atoms with Crippen molar-refractivity contribution in [3.63, 3.8) is 0 Å². The van der Waals surface area contributed by atoms with Gasteiger partial charge >= 0.3 is 6.09 Å². The molecule has 1 amide bonds. The smallest absolute Gasteiger partial charge is 0.407 e. The second-order valence-electron chi connectivity index (χ2n) is 5.72. The maximum Gasteiger partial charge on any atom is 0.407 e. The fourth-order valence-electron chi connectivity index (χ4n) is 1.68. The van der Waals surface area contributed by atoms with E-state index in [2.05, 4.69) is 17.3 Å². The third kappa shape index (κ3) is 5.91. The lowest BCUT2D eigenvalue weighted by molar-refractivity contribution is 0.0534. The second-order valence-corrected chi connectivity index (χ2v) is 5.72. The molecule has 0 bridgehead atoms. The highest BCUT2D eigenvalue weighted by molar-refractivity contribution is 5.68. The van der Waals surface area contributed by atoms with Crippen molar-refractivity contribution in [2.75, 3.05) is 6.54 Å². The van der Waals surface area contributed by atoms with Crippen LogP contribution in [-0.4, -0.2) is 28.0 Å². The van der Waals surface area contributed by atoms with Crippen molar-refractivity contribution in [1.82, 2.24) is 15.1 Å². The molecule has 0 spiro atoms. The molecule has 1 heterocycles. The van der Waals surface area contributed by atoms with E-state index in [1.807, 2.05) is 50.7 Å². The number of ether oxygens (including phenoxy) is 1. The number of hydrogen-bond donors (Lipinski definition) is 1. The molecular weight excluding hydrogens is 254 g/mol. The zero-order valence-corrected chi connectivity index (χ0v) is 13.1. The predicted octanol–water partition coefficient (Wildman–Crippen LogP) is 3.14. The van der Waals surface area contributed by atoms with Crippen LogP contribution in [0.1, 0.15) is 45.4 Å². The second kappa shape index (κ2) is 7.12. The summed E-state index contributed by atoms with van der Waals surface area (Å²) in [5.74, 6) is 0. The van der Waals surface area contributed by atoms with Gasteiger partial charge in [-0.05, 0) is 34.1 Å². The van der Waals surface area contributed by atoms with Crippen LogP contribution in [0.3, 0.4) is 0 Å². The van der Waals surface area contributed by atoms with Crippen LogP contribution >= 0.6 is 0 Å². The number of hydrogen-bond acceptors (Lipinski definition) is 3.